The molecule has 0 saturated carbocycles. The normalized spacial score (nSPS) is 15.4. The van der Waals surface area contributed by atoms with Gasteiger partial charge in [0, 0.05) is 18.1 Å². The van der Waals surface area contributed by atoms with Gasteiger partial charge in [0.2, 0.25) is 0 Å². The fraction of sp³-hybridized carbons (Fsp3) is 0.778. The highest BCUT2D eigenvalue weighted by Crippen LogP contribution is 2.21. The van der Waals surface area contributed by atoms with Crippen LogP contribution in [0.25, 0.3) is 0 Å². The summed E-state index contributed by atoms with van der Waals surface area (Å²) < 4.78 is 1.61. The molecule has 2 atom stereocenters. The van der Waals surface area contributed by atoms with E-state index in [-0.39, 0.29) is 0 Å². The third-order valence-electron chi connectivity index (χ3n) is 2.20. The predicted molar refractivity (Wildman–Crippen MR) is 58.2 cm³/mol. The highest BCUT2D eigenvalue weighted by atomic mass is 32.2. The molecule has 1 rings (SSSR count). The maximum absolute atomic E-state index is 9.81. The van der Waals surface area contributed by atoms with Crippen LogP contribution in [0.15, 0.2) is 6.20 Å². The summed E-state index contributed by atoms with van der Waals surface area (Å²) in [4.78, 5) is 0. The third-order valence-corrected chi connectivity index (χ3v) is 3.61. The highest BCUT2D eigenvalue weighted by molar-refractivity contribution is 7.99. The minimum absolute atomic E-state index is 0.464. The molecule has 4 nitrogen and oxygen atoms in total. The number of aromatic nitrogens is 3. The van der Waals surface area contributed by atoms with Gasteiger partial charge in [0.05, 0.1) is 11.9 Å². The summed E-state index contributed by atoms with van der Waals surface area (Å²) in [7, 11) is 1.79. The van der Waals surface area contributed by atoms with Gasteiger partial charge < -0.3 is 5.11 Å². The molecule has 0 bridgehead atoms. The number of aliphatic hydroxyl groups excluding tert-OH is 1. The van der Waals surface area contributed by atoms with Crippen LogP contribution in [0.1, 0.15) is 32.1 Å². The van der Waals surface area contributed by atoms with E-state index in [0.717, 1.165) is 12.1 Å². The zero-order valence-corrected chi connectivity index (χ0v) is 9.66. The molecule has 0 aliphatic rings. The smallest absolute Gasteiger partial charge is 0.106 e. The van der Waals surface area contributed by atoms with Crippen molar-refractivity contribution in [3.63, 3.8) is 0 Å². The Labute approximate surface area is 88.7 Å². The van der Waals surface area contributed by atoms with Gasteiger partial charge in [-0.3, -0.25) is 0 Å². The number of rotatable bonds is 5. The van der Waals surface area contributed by atoms with Gasteiger partial charge in [-0.2, -0.15) is 11.8 Å². The predicted octanol–water partition coefficient (Wildman–Crippen LogP) is 1.38. The maximum atomic E-state index is 9.81. The first kappa shape index (κ1) is 11.5. The molecule has 0 aliphatic heterocycles. The minimum Gasteiger partial charge on any atom is -0.386 e. The average Bonchev–Trinajstić information content (AvgIpc) is 2.60. The number of aliphatic hydroxyl groups is 1. The minimum atomic E-state index is -0.464. The lowest BCUT2D eigenvalue weighted by atomic mass is 10.3. The summed E-state index contributed by atoms with van der Waals surface area (Å²) in [6, 6.07) is 0. The zero-order chi connectivity index (χ0) is 10.6. The molecule has 1 heterocycles. The van der Waals surface area contributed by atoms with Crippen molar-refractivity contribution < 1.29 is 5.11 Å². The molecular formula is C9H17N3OS. The summed E-state index contributed by atoms with van der Waals surface area (Å²) in [5, 5.41) is 17.9. The van der Waals surface area contributed by atoms with E-state index in [4.69, 9.17) is 0 Å². The fourth-order valence-corrected chi connectivity index (χ4v) is 1.98. The lowest BCUT2D eigenvalue weighted by Crippen LogP contribution is -2.09. The van der Waals surface area contributed by atoms with Gasteiger partial charge in [0.1, 0.15) is 6.10 Å². The lowest BCUT2D eigenvalue weighted by Gasteiger charge is -2.12. The molecule has 0 saturated heterocycles. The molecule has 0 fully saturated rings. The van der Waals surface area contributed by atoms with Gasteiger partial charge in [-0.25, -0.2) is 4.68 Å². The van der Waals surface area contributed by atoms with Crippen LogP contribution in [0.5, 0.6) is 0 Å². The molecule has 0 amide bonds. The third kappa shape index (κ3) is 2.99. The first-order valence-corrected chi connectivity index (χ1v) is 5.84. The van der Waals surface area contributed by atoms with Gasteiger partial charge >= 0.3 is 0 Å². The Hall–Kier alpha value is -0.550. The van der Waals surface area contributed by atoms with Gasteiger partial charge in [-0.1, -0.05) is 19.1 Å². The highest BCUT2D eigenvalue weighted by Gasteiger charge is 2.13. The maximum Gasteiger partial charge on any atom is 0.106 e. The van der Waals surface area contributed by atoms with Crippen molar-refractivity contribution in [2.75, 3.05) is 5.75 Å². The monoisotopic (exact) mass is 215 g/mol. The lowest BCUT2D eigenvalue weighted by molar-refractivity contribution is 0.193. The van der Waals surface area contributed by atoms with E-state index in [0.29, 0.717) is 11.0 Å². The molecule has 5 heteroatoms. The van der Waals surface area contributed by atoms with Crippen LogP contribution in [-0.2, 0) is 7.05 Å². The number of aryl methyl sites for hydroxylation is 1. The van der Waals surface area contributed by atoms with Crippen LogP contribution in [0.3, 0.4) is 0 Å². The Morgan fingerprint density at radius 1 is 1.64 bits per heavy atom. The molecule has 0 aromatic carbocycles. The summed E-state index contributed by atoms with van der Waals surface area (Å²) in [6.07, 6.45) is 2.28. The Bertz CT molecular complexity index is 277. The van der Waals surface area contributed by atoms with E-state index >= 15 is 0 Å². The second kappa shape index (κ2) is 5.36. The fourth-order valence-electron chi connectivity index (χ4n) is 1.06. The SMILES string of the molecule is CCC(C)SCC(O)c1cnnn1C. The van der Waals surface area contributed by atoms with E-state index in [1.54, 1.807) is 29.7 Å². The van der Waals surface area contributed by atoms with Gasteiger partial charge in [-0.15, -0.1) is 5.10 Å². The average molecular weight is 215 g/mol. The molecule has 0 radical (unpaired) electrons. The summed E-state index contributed by atoms with van der Waals surface area (Å²) in [5.74, 6) is 0.705. The summed E-state index contributed by atoms with van der Waals surface area (Å²) in [5.41, 5.74) is 0.779. The summed E-state index contributed by atoms with van der Waals surface area (Å²) in [6.45, 7) is 4.31. The van der Waals surface area contributed by atoms with Crippen LogP contribution < -0.4 is 0 Å². The van der Waals surface area contributed by atoms with Crippen molar-refractivity contribution in [1.29, 1.82) is 0 Å². The second-order valence-corrected chi connectivity index (χ2v) is 4.82. The topological polar surface area (TPSA) is 50.9 Å². The van der Waals surface area contributed by atoms with Crippen LogP contribution in [0.4, 0.5) is 0 Å². The molecular weight excluding hydrogens is 198 g/mol. The number of nitrogens with zero attached hydrogens (tertiary/aromatic N) is 3. The first-order valence-electron chi connectivity index (χ1n) is 4.79. The van der Waals surface area contributed by atoms with Crippen molar-refractivity contribution in [3.05, 3.63) is 11.9 Å². The zero-order valence-electron chi connectivity index (χ0n) is 8.84. The van der Waals surface area contributed by atoms with Crippen LogP contribution >= 0.6 is 11.8 Å². The molecule has 0 aliphatic carbocycles. The standard InChI is InChI=1S/C9H17N3OS/c1-4-7(2)14-6-9(13)8-5-10-11-12(8)3/h5,7,9,13H,4,6H2,1-3H3. The molecule has 2 unspecified atom stereocenters. The van der Waals surface area contributed by atoms with E-state index in [2.05, 4.69) is 24.2 Å². The summed E-state index contributed by atoms with van der Waals surface area (Å²) >= 11 is 1.77. The van der Waals surface area contributed by atoms with E-state index < -0.39 is 6.10 Å². The van der Waals surface area contributed by atoms with Crippen LogP contribution in [-0.4, -0.2) is 31.1 Å². The molecule has 14 heavy (non-hydrogen) atoms. The van der Waals surface area contributed by atoms with E-state index in [1.165, 1.54) is 0 Å². The van der Waals surface area contributed by atoms with Crippen molar-refractivity contribution >= 4 is 11.8 Å². The van der Waals surface area contributed by atoms with Gasteiger partial charge in [0.25, 0.3) is 0 Å². The molecule has 1 N–H and O–H groups in total. The van der Waals surface area contributed by atoms with E-state index in [9.17, 15) is 5.11 Å². The van der Waals surface area contributed by atoms with Gasteiger partial charge in [0.15, 0.2) is 0 Å². The number of hydrogen-bond donors (Lipinski definition) is 1. The Morgan fingerprint density at radius 3 is 2.86 bits per heavy atom. The van der Waals surface area contributed by atoms with Crippen LogP contribution in [0.2, 0.25) is 0 Å². The molecule has 80 valence electrons. The number of hydrogen-bond acceptors (Lipinski definition) is 4. The molecule has 1 aromatic rings. The van der Waals surface area contributed by atoms with Crippen molar-refractivity contribution in [2.45, 2.75) is 31.6 Å². The van der Waals surface area contributed by atoms with Crippen LogP contribution in [0, 0.1) is 0 Å². The first-order chi connectivity index (χ1) is 6.65. The Balaban J connectivity index is 2.43. The van der Waals surface area contributed by atoms with Crippen molar-refractivity contribution in [3.8, 4) is 0 Å². The second-order valence-electron chi connectivity index (χ2n) is 3.35. The van der Waals surface area contributed by atoms with Crippen molar-refractivity contribution in [1.82, 2.24) is 15.0 Å². The van der Waals surface area contributed by atoms with E-state index in [1.807, 2.05) is 0 Å². The number of thioether (sulfide) groups is 1. The van der Waals surface area contributed by atoms with Gasteiger partial charge in [-0.05, 0) is 6.42 Å². The van der Waals surface area contributed by atoms with Crippen molar-refractivity contribution in [2.24, 2.45) is 7.05 Å². The molecule has 1 aromatic heterocycles. The quantitative estimate of drug-likeness (QED) is 0.806. The Morgan fingerprint density at radius 2 is 2.36 bits per heavy atom. The Kier molecular flexibility index (Phi) is 4.41. The molecule has 0 spiro atoms. The largest absolute Gasteiger partial charge is 0.386 e.